The number of nitrogens with zero attached hydrogens (tertiary/aromatic N) is 2. The van der Waals surface area contributed by atoms with Crippen molar-refractivity contribution in [1.82, 2.24) is 9.80 Å². The van der Waals surface area contributed by atoms with Gasteiger partial charge in [0.2, 0.25) is 12.7 Å². The summed E-state index contributed by atoms with van der Waals surface area (Å²) < 4.78 is 16.3. The van der Waals surface area contributed by atoms with Crippen LogP contribution < -0.4 is 14.2 Å². The van der Waals surface area contributed by atoms with Crippen LogP contribution in [0.5, 0.6) is 17.2 Å². The van der Waals surface area contributed by atoms with Crippen molar-refractivity contribution < 1.29 is 28.9 Å². The average molecular weight is 469 g/mol. The van der Waals surface area contributed by atoms with Crippen LogP contribution >= 0.6 is 0 Å². The molecule has 1 amide bonds. The van der Waals surface area contributed by atoms with Crippen molar-refractivity contribution in [2.75, 3.05) is 33.5 Å². The molecule has 4 rings (SSSR count). The second-order valence-corrected chi connectivity index (χ2v) is 9.00. The SMILES string of the molecule is CCN(C(=O)CN1CC(c2ccc3c(c2)OCO3)[C@H](C(=O)O)[C@H]1c1ccc(OC)cc1)C(C)C. The Morgan fingerprint density at radius 2 is 1.79 bits per heavy atom. The van der Waals surface area contributed by atoms with Crippen LogP contribution in [-0.4, -0.2) is 66.4 Å². The van der Waals surface area contributed by atoms with Gasteiger partial charge in [-0.05, 0) is 56.2 Å². The molecule has 3 atom stereocenters. The van der Waals surface area contributed by atoms with E-state index in [4.69, 9.17) is 14.2 Å². The minimum atomic E-state index is -0.894. The lowest BCUT2D eigenvalue weighted by molar-refractivity contribution is -0.144. The minimum Gasteiger partial charge on any atom is -0.497 e. The third-order valence-corrected chi connectivity index (χ3v) is 6.79. The molecule has 8 nitrogen and oxygen atoms in total. The maximum atomic E-state index is 13.2. The number of ether oxygens (including phenoxy) is 3. The molecule has 2 heterocycles. The summed E-state index contributed by atoms with van der Waals surface area (Å²) in [5.41, 5.74) is 1.71. The lowest BCUT2D eigenvalue weighted by Crippen LogP contribution is -2.44. The highest BCUT2D eigenvalue weighted by atomic mass is 16.7. The van der Waals surface area contributed by atoms with Crippen molar-refractivity contribution in [3.63, 3.8) is 0 Å². The fourth-order valence-electron chi connectivity index (χ4n) is 5.17. The first-order valence-electron chi connectivity index (χ1n) is 11.6. The Morgan fingerprint density at radius 3 is 2.41 bits per heavy atom. The molecule has 1 saturated heterocycles. The number of fused-ring (bicyclic) bond motifs is 1. The normalized spacial score (nSPS) is 21.6. The molecule has 0 aromatic heterocycles. The van der Waals surface area contributed by atoms with Crippen molar-refractivity contribution in [2.45, 2.75) is 38.8 Å². The molecule has 2 aliphatic heterocycles. The van der Waals surface area contributed by atoms with E-state index in [-0.39, 0.29) is 31.2 Å². The average Bonchev–Trinajstić information content (AvgIpc) is 3.43. The standard InChI is InChI=1S/C26H32N2O6/c1-5-28(16(2)3)23(29)14-27-13-20(18-8-11-21-22(12-18)34-15-33-21)24(26(30)31)25(27)17-6-9-19(32-4)10-7-17/h6-12,16,20,24-25H,5,13-15H2,1-4H3,(H,30,31)/t20?,24-,25+/m0/s1. The summed E-state index contributed by atoms with van der Waals surface area (Å²) in [4.78, 5) is 29.7. The van der Waals surface area contributed by atoms with Gasteiger partial charge in [0.25, 0.3) is 0 Å². The first-order valence-corrected chi connectivity index (χ1v) is 11.6. The van der Waals surface area contributed by atoms with Gasteiger partial charge in [0.1, 0.15) is 5.75 Å². The van der Waals surface area contributed by atoms with Gasteiger partial charge in [-0.3, -0.25) is 14.5 Å². The number of carboxylic acid groups (broad SMARTS) is 1. The van der Waals surface area contributed by atoms with E-state index in [2.05, 4.69) is 0 Å². The number of likely N-dealkylation sites (tertiary alicyclic amines) is 1. The number of amides is 1. The van der Waals surface area contributed by atoms with Crippen LogP contribution in [0.15, 0.2) is 42.5 Å². The fourth-order valence-corrected chi connectivity index (χ4v) is 5.17. The van der Waals surface area contributed by atoms with Gasteiger partial charge < -0.3 is 24.2 Å². The van der Waals surface area contributed by atoms with E-state index in [1.165, 1.54) is 0 Å². The van der Waals surface area contributed by atoms with Crippen LogP contribution in [0.3, 0.4) is 0 Å². The predicted octanol–water partition coefficient (Wildman–Crippen LogP) is 3.52. The molecule has 0 aliphatic carbocycles. The molecule has 2 aliphatic rings. The number of methoxy groups -OCH3 is 1. The van der Waals surface area contributed by atoms with Gasteiger partial charge in [0, 0.05) is 31.1 Å². The Kier molecular flexibility index (Phi) is 6.97. The fraction of sp³-hybridized carbons (Fsp3) is 0.462. The monoisotopic (exact) mass is 468 g/mol. The van der Waals surface area contributed by atoms with E-state index in [9.17, 15) is 14.7 Å². The number of rotatable bonds is 8. The number of carbonyl (C=O) groups excluding carboxylic acids is 1. The maximum absolute atomic E-state index is 13.2. The van der Waals surface area contributed by atoms with Gasteiger partial charge in [-0.2, -0.15) is 0 Å². The van der Waals surface area contributed by atoms with Crippen LogP contribution in [0.2, 0.25) is 0 Å². The highest BCUT2D eigenvalue weighted by Crippen LogP contribution is 2.47. The summed E-state index contributed by atoms with van der Waals surface area (Å²) in [6.45, 7) is 7.28. The summed E-state index contributed by atoms with van der Waals surface area (Å²) >= 11 is 0. The van der Waals surface area contributed by atoms with Crippen molar-refractivity contribution in [3.05, 3.63) is 53.6 Å². The van der Waals surface area contributed by atoms with E-state index >= 15 is 0 Å². The largest absolute Gasteiger partial charge is 0.497 e. The summed E-state index contributed by atoms with van der Waals surface area (Å²) in [6, 6.07) is 12.6. The van der Waals surface area contributed by atoms with Gasteiger partial charge in [-0.15, -0.1) is 0 Å². The Labute approximate surface area is 200 Å². The van der Waals surface area contributed by atoms with Gasteiger partial charge >= 0.3 is 5.97 Å². The number of hydrogen-bond acceptors (Lipinski definition) is 6. The van der Waals surface area contributed by atoms with E-state index in [1.807, 2.05) is 73.0 Å². The molecule has 2 aromatic carbocycles. The minimum absolute atomic E-state index is 0.00788. The Balaban J connectivity index is 1.72. The van der Waals surface area contributed by atoms with Gasteiger partial charge in [-0.25, -0.2) is 0 Å². The van der Waals surface area contributed by atoms with Gasteiger partial charge in [0.05, 0.1) is 19.6 Å². The highest BCUT2D eigenvalue weighted by Gasteiger charge is 2.48. The first kappa shape index (κ1) is 23.9. The molecule has 0 spiro atoms. The Bertz CT molecular complexity index is 1040. The lowest BCUT2D eigenvalue weighted by atomic mass is 9.82. The Morgan fingerprint density at radius 1 is 1.12 bits per heavy atom. The van der Waals surface area contributed by atoms with Crippen LogP contribution in [0, 0.1) is 5.92 Å². The second kappa shape index (κ2) is 9.93. The second-order valence-electron chi connectivity index (χ2n) is 9.00. The van der Waals surface area contributed by atoms with Gasteiger partial charge in [0.15, 0.2) is 11.5 Å². The first-order chi connectivity index (χ1) is 16.3. The lowest BCUT2D eigenvalue weighted by Gasteiger charge is -2.31. The van der Waals surface area contributed by atoms with Crippen molar-refractivity contribution in [3.8, 4) is 17.2 Å². The zero-order chi connectivity index (χ0) is 24.4. The molecule has 34 heavy (non-hydrogen) atoms. The zero-order valence-electron chi connectivity index (χ0n) is 20.1. The van der Waals surface area contributed by atoms with E-state index < -0.39 is 17.9 Å². The molecular formula is C26H32N2O6. The quantitative estimate of drug-likeness (QED) is 0.634. The number of benzene rings is 2. The number of hydrogen-bond donors (Lipinski definition) is 1. The number of carboxylic acids is 1. The molecule has 182 valence electrons. The van der Waals surface area contributed by atoms with Gasteiger partial charge in [-0.1, -0.05) is 18.2 Å². The van der Waals surface area contributed by atoms with Crippen LogP contribution in [0.4, 0.5) is 0 Å². The summed E-state index contributed by atoms with van der Waals surface area (Å²) in [5.74, 6) is 0.00962. The van der Waals surface area contributed by atoms with Crippen molar-refractivity contribution >= 4 is 11.9 Å². The van der Waals surface area contributed by atoms with Crippen molar-refractivity contribution in [1.29, 1.82) is 0 Å². The highest BCUT2D eigenvalue weighted by molar-refractivity contribution is 5.79. The summed E-state index contributed by atoms with van der Waals surface area (Å²) in [7, 11) is 1.59. The summed E-state index contributed by atoms with van der Waals surface area (Å²) in [6.07, 6.45) is 0. The smallest absolute Gasteiger partial charge is 0.309 e. The Hall–Kier alpha value is -3.26. The number of aliphatic carboxylic acids is 1. The van der Waals surface area contributed by atoms with E-state index in [0.29, 0.717) is 30.3 Å². The topological polar surface area (TPSA) is 88.5 Å². The molecule has 1 unspecified atom stereocenters. The van der Waals surface area contributed by atoms with E-state index in [0.717, 1.165) is 11.1 Å². The molecule has 0 saturated carbocycles. The molecule has 2 aromatic rings. The van der Waals surface area contributed by atoms with Crippen LogP contribution in [0.1, 0.15) is 43.9 Å². The zero-order valence-corrected chi connectivity index (χ0v) is 20.1. The molecule has 0 bridgehead atoms. The molecular weight excluding hydrogens is 436 g/mol. The third kappa shape index (κ3) is 4.55. The molecule has 8 heteroatoms. The molecule has 1 fully saturated rings. The molecule has 1 N–H and O–H groups in total. The van der Waals surface area contributed by atoms with Crippen LogP contribution in [-0.2, 0) is 9.59 Å². The van der Waals surface area contributed by atoms with Crippen molar-refractivity contribution in [2.24, 2.45) is 5.92 Å². The van der Waals surface area contributed by atoms with Crippen LogP contribution in [0.25, 0.3) is 0 Å². The number of carbonyl (C=O) groups is 2. The number of likely N-dealkylation sites (N-methyl/N-ethyl adjacent to an activating group) is 1. The summed E-state index contributed by atoms with van der Waals surface area (Å²) in [5, 5.41) is 10.4. The maximum Gasteiger partial charge on any atom is 0.309 e. The third-order valence-electron chi connectivity index (χ3n) is 6.79. The predicted molar refractivity (Wildman–Crippen MR) is 126 cm³/mol. The van der Waals surface area contributed by atoms with E-state index in [1.54, 1.807) is 7.11 Å². The molecule has 0 radical (unpaired) electrons.